The molecular weight excluding hydrogens is 342 g/mol. The Hall–Kier alpha value is -3.13. The van der Waals surface area contributed by atoms with E-state index in [9.17, 15) is 4.79 Å². The smallest absolute Gasteiger partial charge is 0.254 e. The Labute approximate surface area is 158 Å². The summed E-state index contributed by atoms with van der Waals surface area (Å²) in [5.41, 5.74) is 13.7. The highest BCUT2D eigenvalue weighted by molar-refractivity contribution is 6.00. The highest BCUT2D eigenvalue weighted by Crippen LogP contribution is 2.27. The molecule has 0 saturated heterocycles. The molecule has 0 radical (unpaired) electrons. The quantitative estimate of drug-likeness (QED) is 0.507. The van der Waals surface area contributed by atoms with Gasteiger partial charge in [0.15, 0.2) is 0 Å². The molecular formula is C19H25N7O. The van der Waals surface area contributed by atoms with E-state index in [1.54, 1.807) is 0 Å². The molecule has 0 spiro atoms. The molecule has 3 rings (SSSR count). The molecule has 142 valence electrons. The summed E-state index contributed by atoms with van der Waals surface area (Å²) < 4.78 is 2.02. The second-order valence-corrected chi connectivity index (χ2v) is 6.90. The molecule has 27 heavy (non-hydrogen) atoms. The third kappa shape index (κ3) is 4.01. The van der Waals surface area contributed by atoms with Crippen molar-refractivity contribution in [2.45, 2.75) is 19.9 Å². The van der Waals surface area contributed by atoms with Crippen molar-refractivity contribution in [3.05, 3.63) is 42.2 Å². The van der Waals surface area contributed by atoms with Crippen molar-refractivity contribution < 1.29 is 4.79 Å². The van der Waals surface area contributed by atoms with Crippen LogP contribution in [0.5, 0.6) is 0 Å². The highest BCUT2D eigenvalue weighted by Gasteiger charge is 2.15. The van der Waals surface area contributed by atoms with Gasteiger partial charge < -0.3 is 26.7 Å². The molecule has 0 aliphatic heterocycles. The van der Waals surface area contributed by atoms with Crippen LogP contribution in [0.2, 0.25) is 0 Å². The number of carbonyl (C=O) groups excluding carboxylic acids is 1. The van der Waals surface area contributed by atoms with Gasteiger partial charge in [-0.15, -0.1) is 0 Å². The Morgan fingerprint density at radius 3 is 2.78 bits per heavy atom. The van der Waals surface area contributed by atoms with Gasteiger partial charge in [0.05, 0.1) is 0 Å². The number of hydrogen-bond donors (Lipinski definition) is 4. The largest absolute Gasteiger partial charge is 0.365 e. The van der Waals surface area contributed by atoms with Crippen molar-refractivity contribution in [1.29, 1.82) is 0 Å². The number of nitrogens with zero attached hydrogens (tertiary/aromatic N) is 3. The fourth-order valence-electron chi connectivity index (χ4n) is 2.73. The molecule has 0 unspecified atom stereocenters. The lowest BCUT2D eigenvalue weighted by Crippen LogP contribution is -2.34. The molecule has 3 aromatic rings. The molecule has 1 amide bonds. The molecule has 0 fully saturated rings. The molecule has 2 heterocycles. The number of anilines is 3. The van der Waals surface area contributed by atoms with Crippen LogP contribution in [-0.4, -0.2) is 33.0 Å². The predicted molar refractivity (Wildman–Crippen MR) is 108 cm³/mol. The normalized spacial score (nSPS) is 12.3. The van der Waals surface area contributed by atoms with Gasteiger partial charge in [0.1, 0.15) is 11.4 Å². The minimum atomic E-state index is -0.594. The first-order chi connectivity index (χ1) is 12.9. The summed E-state index contributed by atoms with van der Waals surface area (Å²) in [6, 6.07) is 7.87. The molecule has 1 aromatic carbocycles. The van der Waals surface area contributed by atoms with Gasteiger partial charge in [-0.2, -0.15) is 4.98 Å². The van der Waals surface area contributed by atoms with Gasteiger partial charge in [0.25, 0.3) is 5.91 Å². The standard InChI is InChI=1S/C19H25N7O/c1-11(2)14(20)10-23-19-22-9-13(17(21)27)18(25-19)24-15-5-4-6-16-12(15)7-8-26(16)3/h4-9,11,14H,10,20H2,1-3H3,(H2,21,27)(H2,22,23,24,25)/t14-/m0/s1. The summed E-state index contributed by atoms with van der Waals surface area (Å²) in [5.74, 6) is 0.479. The van der Waals surface area contributed by atoms with E-state index in [0.717, 1.165) is 16.6 Å². The number of hydrogen-bond acceptors (Lipinski definition) is 6. The van der Waals surface area contributed by atoms with E-state index in [-0.39, 0.29) is 11.6 Å². The van der Waals surface area contributed by atoms with Crippen LogP contribution in [0.4, 0.5) is 17.5 Å². The summed E-state index contributed by atoms with van der Waals surface area (Å²) in [5, 5.41) is 7.36. The minimum Gasteiger partial charge on any atom is -0.365 e. The van der Waals surface area contributed by atoms with Crippen molar-refractivity contribution in [1.82, 2.24) is 14.5 Å². The average Bonchev–Trinajstić information content (AvgIpc) is 3.01. The molecule has 0 saturated carbocycles. The van der Waals surface area contributed by atoms with Crippen LogP contribution < -0.4 is 22.1 Å². The summed E-state index contributed by atoms with van der Waals surface area (Å²) in [4.78, 5) is 20.4. The number of rotatable bonds is 7. The van der Waals surface area contributed by atoms with E-state index in [1.165, 1.54) is 6.20 Å². The lowest BCUT2D eigenvalue weighted by Gasteiger charge is -2.17. The van der Waals surface area contributed by atoms with Gasteiger partial charge in [-0.05, 0) is 24.1 Å². The SMILES string of the molecule is CC(C)[C@@H](N)CNc1ncc(C(N)=O)c(Nc2cccc3c2ccn3C)n1. The van der Waals surface area contributed by atoms with E-state index in [4.69, 9.17) is 11.5 Å². The fraction of sp³-hybridized carbons (Fsp3) is 0.316. The Kier molecular flexibility index (Phi) is 5.27. The van der Waals surface area contributed by atoms with E-state index >= 15 is 0 Å². The number of nitrogens with two attached hydrogens (primary N) is 2. The van der Waals surface area contributed by atoms with E-state index < -0.39 is 5.91 Å². The van der Waals surface area contributed by atoms with Gasteiger partial charge in [0, 0.05) is 48.6 Å². The van der Waals surface area contributed by atoms with Crippen LogP contribution in [-0.2, 0) is 7.05 Å². The van der Waals surface area contributed by atoms with Gasteiger partial charge in [-0.25, -0.2) is 4.98 Å². The molecule has 0 bridgehead atoms. The number of benzene rings is 1. The number of aromatic nitrogens is 3. The predicted octanol–water partition coefficient (Wildman–Crippen LogP) is 2.21. The first-order valence-corrected chi connectivity index (χ1v) is 8.84. The van der Waals surface area contributed by atoms with Crippen LogP contribution in [0.25, 0.3) is 10.9 Å². The zero-order valence-electron chi connectivity index (χ0n) is 15.7. The lowest BCUT2D eigenvalue weighted by molar-refractivity contribution is 0.100. The number of amides is 1. The van der Waals surface area contributed by atoms with Crippen molar-refractivity contribution >= 4 is 34.3 Å². The Morgan fingerprint density at radius 1 is 1.30 bits per heavy atom. The molecule has 0 aliphatic rings. The molecule has 8 heteroatoms. The van der Waals surface area contributed by atoms with E-state index in [1.807, 2.05) is 42.1 Å². The topological polar surface area (TPSA) is 124 Å². The van der Waals surface area contributed by atoms with Crippen LogP contribution >= 0.6 is 0 Å². The van der Waals surface area contributed by atoms with E-state index in [2.05, 4.69) is 34.4 Å². The monoisotopic (exact) mass is 367 g/mol. The first-order valence-electron chi connectivity index (χ1n) is 8.84. The second kappa shape index (κ2) is 7.63. The molecule has 8 nitrogen and oxygen atoms in total. The summed E-state index contributed by atoms with van der Waals surface area (Å²) in [6.07, 6.45) is 3.40. The molecule has 0 aliphatic carbocycles. The minimum absolute atomic E-state index is 0.0288. The average molecular weight is 367 g/mol. The van der Waals surface area contributed by atoms with Crippen LogP contribution in [0.15, 0.2) is 36.7 Å². The van der Waals surface area contributed by atoms with Gasteiger partial charge in [0.2, 0.25) is 5.95 Å². The molecule has 2 aromatic heterocycles. The van der Waals surface area contributed by atoms with Gasteiger partial charge in [-0.3, -0.25) is 4.79 Å². The summed E-state index contributed by atoms with van der Waals surface area (Å²) in [6.45, 7) is 4.63. The number of fused-ring (bicyclic) bond motifs is 1. The highest BCUT2D eigenvalue weighted by atomic mass is 16.1. The zero-order valence-corrected chi connectivity index (χ0v) is 15.7. The Bertz CT molecular complexity index is 964. The summed E-state index contributed by atoms with van der Waals surface area (Å²) >= 11 is 0. The Balaban J connectivity index is 1.92. The maximum atomic E-state index is 11.8. The van der Waals surface area contributed by atoms with Gasteiger partial charge >= 0.3 is 0 Å². The lowest BCUT2D eigenvalue weighted by atomic mass is 10.1. The number of carbonyl (C=O) groups is 1. The maximum absolute atomic E-state index is 11.8. The second-order valence-electron chi connectivity index (χ2n) is 6.90. The fourth-order valence-corrected chi connectivity index (χ4v) is 2.73. The molecule has 1 atom stereocenters. The summed E-state index contributed by atoms with van der Waals surface area (Å²) in [7, 11) is 1.98. The van der Waals surface area contributed by atoms with Crippen molar-refractivity contribution in [2.75, 3.05) is 17.2 Å². The van der Waals surface area contributed by atoms with E-state index in [0.29, 0.717) is 24.2 Å². The third-order valence-corrected chi connectivity index (χ3v) is 4.59. The Morgan fingerprint density at radius 2 is 2.07 bits per heavy atom. The van der Waals surface area contributed by atoms with Crippen LogP contribution in [0, 0.1) is 5.92 Å². The van der Waals surface area contributed by atoms with Crippen molar-refractivity contribution in [3.63, 3.8) is 0 Å². The molecule has 6 N–H and O–H groups in total. The van der Waals surface area contributed by atoms with Crippen LogP contribution in [0.1, 0.15) is 24.2 Å². The number of aryl methyl sites for hydroxylation is 1. The zero-order chi connectivity index (χ0) is 19.6. The first kappa shape index (κ1) is 18.7. The van der Waals surface area contributed by atoms with Crippen LogP contribution in [0.3, 0.4) is 0 Å². The van der Waals surface area contributed by atoms with Crippen molar-refractivity contribution in [2.24, 2.45) is 24.4 Å². The van der Waals surface area contributed by atoms with Crippen molar-refractivity contribution in [3.8, 4) is 0 Å². The third-order valence-electron chi connectivity index (χ3n) is 4.59. The number of primary amides is 1. The number of nitrogens with one attached hydrogen (secondary N) is 2. The maximum Gasteiger partial charge on any atom is 0.254 e. The van der Waals surface area contributed by atoms with Gasteiger partial charge in [-0.1, -0.05) is 19.9 Å².